The van der Waals surface area contributed by atoms with Gasteiger partial charge in [0.2, 0.25) is 0 Å². The predicted molar refractivity (Wildman–Crippen MR) is 114 cm³/mol. The third-order valence-corrected chi connectivity index (χ3v) is 4.65. The topological polar surface area (TPSA) is 54.8 Å². The number of benzene rings is 1. The number of rotatable bonds is 7. The maximum Gasteiger partial charge on any atom is 0.159 e. The number of pyridine rings is 2. The van der Waals surface area contributed by atoms with Crippen LogP contribution in [-0.4, -0.2) is 24.8 Å². The van der Waals surface area contributed by atoms with E-state index in [-0.39, 0.29) is 0 Å². The molecular weight excluding hydrogens is 358 g/mol. The van der Waals surface area contributed by atoms with E-state index in [0.717, 1.165) is 36.6 Å². The van der Waals surface area contributed by atoms with Crippen molar-refractivity contribution < 1.29 is 0 Å². The Balaban J connectivity index is 1.51. The van der Waals surface area contributed by atoms with Crippen LogP contribution in [0, 0.1) is 6.92 Å². The zero-order valence-corrected chi connectivity index (χ0v) is 16.4. The lowest BCUT2D eigenvalue weighted by molar-refractivity contribution is 0.246. The molecule has 0 aliphatic heterocycles. The smallest absolute Gasteiger partial charge is 0.159 e. The molecule has 4 aromatic rings. The van der Waals surface area contributed by atoms with Crippen LogP contribution in [-0.2, 0) is 19.6 Å². The van der Waals surface area contributed by atoms with E-state index in [1.54, 1.807) is 12.4 Å². The van der Waals surface area contributed by atoms with Gasteiger partial charge in [-0.05, 0) is 36.2 Å². The number of hydrogen-bond acceptors (Lipinski definition) is 5. The molecule has 1 aromatic carbocycles. The number of aromatic nitrogens is 4. The summed E-state index contributed by atoms with van der Waals surface area (Å²) in [5.41, 5.74) is 5.67. The SMILES string of the molecule is Cc1cccc(-c2ncc(CN(Cc3cccnc3)Cc3cccnc3)cn2)c1. The minimum Gasteiger partial charge on any atom is -0.290 e. The molecule has 3 heterocycles. The molecule has 5 heteroatoms. The summed E-state index contributed by atoms with van der Waals surface area (Å²) in [6.07, 6.45) is 11.3. The van der Waals surface area contributed by atoms with E-state index in [1.165, 1.54) is 16.7 Å². The molecule has 0 bridgehead atoms. The molecule has 0 amide bonds. The number of aryl methyl sites for hydroxylation is 1. The Morgan fingerprint density at radius 1 is 0.690 bits per heavy atom. The van der Waals surface area contributed by atoms with Gasteiger partial charge in [-0.1, -0.05) is 35.9 Å². The molecule has 0 atom stereocenters. The van der Waals surface area contributed by atoms with Gasteiger partial charge in [0.1, 0.15) is 0 Å². The van der Waals surface area contributed by atoms with Crippen LogP contribution in [0.4, 0.5) is 0 Å². The van der Waals surface area contributed by atoms with Crippen molar-refractivity contribution in [3.8, 4) is 11.4 Å². The molecular formula is C24H23N5. The fourth-order valence-electron chi connectivity index (χ4n) is 3.30. The minimum atomic E-state index is 0.748. The lowest BCUT2D eigenvalue weighted by Gasteiger charge is -2.22. The van der Waals surface area contributed by atoms with Gasteiger partial charge in [0, 0.05) is 67.9 Å². The largest absolute Gasteiger partial charge is 0.290 e. The van der Waals surface area contributed by atoms with Crippen LogP contribution in [0.5, 0.6) is 0 Å². The molecule has 4 rings (SSSR count). The quantitative estimate of drug-likeness (QED) is 0.474. The normalized spacial score (nSPS) is 11.0. The zero-order valence-electron chi connectivity index (χ0n) is 16.4. The lowest BCUT2D eigenvalue weighted by Crippen LogP contribution is -2.22. The highest BCUT2D eigenvalue weighted by atomic mass is 15.1. The Morgan fingerprint density at radius 3 is 1.86 bits per heavy atom. The molecule has 0 unspecified atom stereocenters. The van der Waals surface area contributed by atoms with Gasteiger partial charge < -0.3 is 0 Å². The summed E-state index contributed by atoms with van der Waals surface area (Å²) in [6.45, 7) is 4.41. The molecule has 0 N–H and O–H groups in total. The fraction of sp³-hybridized carbons (Fsp3) is 0.167. The summed E-state index contributed by atoms with van der Waals surface area (Å²) in [7, 11) is 0. The first-order valence-electron chi connectivity index (χ1n) is 9.64. The van der Waals surface area contributed by atoms with E-state index in [9.17, 15) is 0 Å². The van der Waals surface area contributed by atoms with Gasteiger partial charge in [0.05, 0.1) is 0 Å². The molecule has 29 heavy (non-hydrogen) atoms. The highest BCUT2D eigenvalue weighted by Gasteiger charge is 2.10. The van der Waals surface area contributed by atoms with E-state index in [0.29, 0.717) is 0 Å². The zero-order chi connectivity index (χ0) is 19.9. The highest BCUT2D eigenvalue weighted by Crippen LogP contribution is 2.17. The molecule has 0 fully saturated rings. The summed E-state index contributed by atoms with van der Waals surface area (Å²) >= 11 is 0. The molecule has 144 valence electrons. The van der Waals surface area contributed by atoms with Gasteiger partial charge in [0.25, 0.3) is 0 Å². The van der Waals surface area contributed by atoms with Crippen molar-refractivity contribution in [2.45, 2.75) is 26.6 Å². The average Bonchev–Trinajstić information content (AvgIpc) is 2.76. The van der Waals surface area contributed by atoms with Crippen LogP contribution < -0.4 is 0 Å². The van der Waals surface area contributed by atoms with Crippen molar-refractivity contribution >= 4 is 0 Å². The van der Waals surface area contributed by atoms with Crippen LogP contribution in [0.3, 0.4) is 0 Å². The van der Waals surface area contributed by atoms with Crippen molar-refractivity contribution in [1.82, 2.24) is 24.8 Å². The molecule has 0 saturated carbocycles. The van der Waals surface area contributed by atoms with Crippen molar-refractivity contribution in [3.05, 3.63) is 108 Å². The monoisotopic (exact) mass is 381 g/mol. The number of hydrogen-bond donors (Lipinski definition) is 0. The van der Waals surface area contributed by atoms with Crippen LogP contribution >= 0.6 is 0 Å². The first kappa shape index (κ1) is 18.9. The maximum atomic E-state index is 4.59. The standard InChI is InChI=1S/C24H23N5/c1-19-5-2-8-23(11-19)24-27-14-22(15-28-24)18-29(16-20-6-3-9-25-12-20)17-21-7-4-10-26-13-21/h2-15H,16-18H2,1H3. The van der Waals surface area contributed by atoms with E-state index >= 15 is 0 Å². The van der Waals surface area contributed by atoms with E-state index in [1.807, 2.05) is 49.1 Å². The van der Waals surface area contributed by atoms with Crippen molar-refractivity contribution in [2.24, 2.45) is 0 Å². The molecule has 0 aliphatic carbocycles. The summed E-state index contributed by atoms with van der Waals surface area (Å²) < 4.78 is 0. The molecule has 0 saturated heterocycles. The third kappa shape index (κ3) is 5.30. The molecule has 5 nitrogen and oxygen atoms in total. The average molecular weight is 381 g/mol. The Kier molecular flexibility index (Phi) is 5.98. The van der Waals surface area contributed by atoms with Crippen LogP contribution in [0.2, 0.25) is 0 Å². The molecule has 0 aliphatic rings. The second-order valence-corrected chi connectivity index (χ2v) is 7.15. The van der Waals surface area contributed by atoms with Crippen LogP contribution in [0.15, 0.2) is 85.7 Å². The van der Waals surface area contributed by atoms with Crippen molar-refractivity contribution in [1.29, 1.82) is 0 Å². The second-order valence-electron chi connectivity index (χ2n) is 7.15. The Hall–Kier alpha value is -3.44. The summed E-state index contributed by atoms with van der Waals surface area (Å²) in [5, 5.41) is 0. The van der Waals surface area contributed by atoms with E-state index < -0.39 is 0 Å². The van der Waals surface area contributed by atoms with Gasteiger partial charge in [-0.15, -0.1) is 0 Å². The first-order chi connectivity index (χ1) is 14.3. The maximum absolute atomic E-state index is 4.59. The Labute approximate surface area is 171 Å². The third-order valence-electron chi connectivity index (χ3n) is 4.65. The van der Waals surface area contributed by atoms with Gasteiger partial charge >= 0.3 is 0 Å². The van der Waals surface area contributed by atoms with Crippen molar-refractivity contribution in [2.75, 3.05) is 0 Å². The van der Waals surface area contributed by atoms with E-state index in [2.05, 4.69) is 56.0 Å². The Bertz CT molecular complexity index is 992. The molecule has 0 radical (unpaired) electrons. The van der Waals surface area contributed by atoms with Crippen LogP contribution in [0.25, 0.3) is 11.4 Å². The Morgan fingerprint density at radius 2 is 1.31 bits per heavy atom. The molecule has 0 spiro atoms. The summed E-state index contributed by atoms with van der Waals surface area (Å²) in [4.78, 5) is 20.0. The van der Waals surface area contributed by atoms with Gasteiger partial charge in [0.15, 0.2) is 5.82 Å². The predicted octanol–water partition coefficient (Wildman–Crippen LogP) is 4.44. The van der Waals surface area contributed by atoms with Crippen molar-refractivity contribution in [3.63, 3.8) is 0 Å². The van der Waals surface area contributed by atoms with Crippen LogP contribution in [0.1, 0.15) is 22.3 Å². The lowest BCUT2D eigenvalue weighted by atomic mass is 10.1. The number of nitrogens with zero attached hydrogens (tertiary/aromatic N) is 5. The summed E-state index contributed by atoms with van der Waals surface area (Å²) in [6, 6.07) is 16.4. The minimum absolute atomic E-state index is 0.748. The fourth-order valence-corrected chi connectivity index (χ4v) is 3.30. The summed E-state index contributed by atoms with van der Waals surface area (Å²) in [5.74, 6) is 0.753. The van der Waals surface area contributed by atoms with Gasteiger partial charge in [-0.2, -0.15) is 0 Å². The second kappa shape index (κ2) is 9.17. The van der Waals surface area contributed by atoms with Gasteiger partial charge in [-0.25, -0.2) is 9.97 Å². The van der Waals surface area contributed by atoms with E-state index in [4.69, 9.17) is 0 Å². The van der Waals surface area contributed by atoms with Gasteiger partial charge in [-0.3, -0.25) is 14.9 Å². The first-order valence-corrected chi connectivity index (χ1v) is 9.64. The molecule has 3 aromatic heterocycles. The highest BCUT2D eigenvalue weighted by molar-refractivity contribution is 5.55.